The summed E-state index contributed by atoms with van der Waals surface area (Å²) >= 11 is 0. The van der Waals surface area contributed by atoms with E-state index in [-0.39, 0.29) is 0 Å². The van der Waals surface area contributed by atoms with Gasteiger partial charge in [0.05, 0.1) is 0 Å². The summed E-state index contributed by atoms with van der Waals surface area (Å²) in [5.41, 5.74) is 0. The molecule has 15 heavy (non-hydrogen) atoms. The Morgan fingerprint density at radius 3 is 2.53 bits per heavy atom. The molecular formula is C13H26N2. The van der Waals surface area contributed by atoms with E-state index in [0.29, 0.717) is 0 Å². The fourth-order valence-electron chi connectivity index (χ4n) is 2.91. The van der Waals surface area contributed by atoms with Crippen molar-refractivity contribution in [2.75, 3.05) is 13.1 Å². The summed E-state index contributed by atoms with van der Waals surface area (Å²) in [6, 6.07) is 2.53. The smallest absolute Gasteiger partial charge is 0.0224 e. The highest BCUT2D eigenvalue weighted by Gasteiger charge is 2.30. The van der Waals surface area contributed by atoms with Crippen LogP contribution in [0.15, 0.2) is 0 Å². The lowest BCUT2D eigenvalue weighted by Gasteiger charge is -2.32. The van der Waals surface area contributed by atoms with Crippen molar-refractivity contribution in [1.29, 1.82) is 0 Å². The number of hydrogen-bond acceptors (Lipinski definition) is 2. The number of likely N-dealkylation sites (tertiary alicyclic amines) is 1. The molecular weight excluding hydrogens is 184 g/mol. The molecule has 0 aromatic carbocycles. The quantitative estimate of drug-likeness (QED) is 0.724. The van der Waals surface area contributed by atoms with E-state index in [1.165, 1.54) is 51.6 Å². The van der Waals surface area contributed by atoms with Gasteiger partial charge in [-0.2, -0.15) is 0 Å². The van der Waals surface area contributed by atoms with Crippen LogP contribution < -0.4 is 5.32 Å². The van der Waals surface area contributed by atoms with Crippen LogP contribution in [0.3, 0.4) is 0 Å². The molecule has 1 heterocycles. The molecule has 0 bridgehead atoms. The Bertz CT molecular complexity index is 185. The fourth-order valence-corrected chi connectivity index (χ4v) is 2.91. The highest BCUT2D eigenvalue weighted by atomic mass is 15.2. The van der Waals surface area contributed by atoms with E-state index in [1.807, 2.05) is 0 Å². The Labute approximate surface area is 94.4 Å². The van der Waals surface area contributed by atoms with Gasteiger partial charge in [0.2, 0.25) is 0 Å². The van der Waals surface area contributed by atoms with Crippen molar-refractivity contribution in [2.45, 2.75) is 70.5 Å². The van der Waals surface area contributed by atoms with Gasteiger partial charge in [0.1, 0.15) is 0 Å². The molecule has 2 aliphatic rings. The van der Waals surface area contributed by atoms with Crippen molar-refractivity contribution in [3.05, 3.63) is 0 Å². The maximum Gasteiger partial charge on any atom is 0.0224 e. The minimum absolute atomic E-state index is 0.829. The molecule has 1 saturated heterocycles. The number of rotatable bonds is 6. The molecule has 1 saturated carbocycles. The first-order chi connectivity index (χ1) is 7.35. The van der Waals surface area contributed by atoms with Gasteiger partial charge in [-0.1, -0.05) is 13.8 Å². The Hall–Kier alpha value is -0.0800. The predicted molar refractivity (Wildman–Crippen MR) is 65.1 cm³/mol. The summed E-state index contributed by atoms with van der Waals surface area (Å²) in [6.45, 7) is 7.24. The van der Waals surface area contributed by atoms with Crippen LogP contribution in [0, 0.1) is 0 Å². The third-order valence-corrected chi connectivity index (χ3v) is 4.05. The summed E-state index contributed by atoms with van der Waals surface area (Å²) in [4.78, 5) is 2.76. The minimum atomic E-state index is 0.829. The summed E-state index contributed by atoms with van der Waals surface area (Å²) in [6.07, 6.45) is 8.28. The lowest BCUT2D eigenvalue weighted by molar-refractivity contribution is 0.166. The zero-order valence-electron chi connectivity index (χ0n) is 10.3. The molecule has 0 aromatic heterocycles. The van der Waals surface area contributed by atoms with Gasteiger partial charge in [0.25, 0.3) is 0 Å². The molecule has 0 radical (unpaired) electrons. The van der Waals surface area contributed by atoms with Gasteiger partial charge in [-0.05, 0) is 45.1 Å². The van der Waals surface area contributed by atoms with Crippen LogP contribution in [0.2, 0.25) is 0 Å². The predicted octanol–water partition coefficient (Wildman–Crippen LogP) is 2.39. The molecule has 1 unspecified atom stereocenters. The molecule has 2 nitrogen and oxygen atoms in total. The Kier molecular flexibility index (Phi) is 4.04. The third-order valence-electron chi connectivity index (χ3n) is 4.05. The van der Waals surface area contributed by atoms with E-state index >= 15 is 0 Å². The average Bonchev–Trinajstić information content (AvgIpc) is 2.98. The first-order valence-electron chi connectivity index (χ1n) is 6.84. The molecule has 2 heteroatoms. The summed E-state index contributed by atoms with van der Waals surface area (Å²) in [5.74, 6) is 0. The van der Waals surface area contributed by atoms with Crippen LogP contribution in [-0.2, 0) is 0 Å². The van der Waals surface area contributed by atoms with Crippen molar-refractivity contribution >= 4 is 0 Å². The van der Waals surface area contributed by atoms with E-state index in [2.05, 4.69) is 24.1 Å². The lowest BCUT2D eigenvalue weighted by atomic mass is 10.1. The normalized spacial score (nSPS) is 27.8. The first-order valence-corrected chi connectivity index (χ1v) is 6.84. The van der Waals surface area contributed by atoms with Gasteiger partial charge in [-0.15, -0.1) is 0 Å². The topological polar surface area (TPSA) is 15.3 Å². The Morgan fingerprint density at radius 2 is 1.93 bits per heavy atom. The maximum atomic E-state index is 3.69. The second-order valence-corrected chi connectivity index (χ2v) is 5.19. The fraction of sp³-hybridized carbons (Fsp3) is 1.00. The van der Waals surface area contributed by atoms with E-state index in [9.17, 15) is 0 Å². The molecule has 0 spiro atoms. The molecule has 1 aliphatic carbocycles. The molecule has 1 aliphatic heterocycles. The molecule has 1 N–H and O–H groups in total. The zero-order valence-corrected chi connectivity index (χ0v) is 10.3. The maximum absolute atomic E-state index is 3.69. The van der Waals surface area contributed by atoms with Crippen molar-refractivity contribution in [1.82, 2.24) is 10.2 Å². The van der Waals surface area contributed by atoms with Gasteiger partial charge >= 0.3 is 0 Å². The molecule has 2 fully saturated rings. The standard InChI is InChI=1S/C13H26N2/c1-3-12(4-2)15-9-5-6-13(15)10-14-11-7-8-11/h11-14H,3-10H2,1-2H3. The number of nitrogens with one attached hydrogen (secondary N) is 1. The van der Waals surface area contributed by atoms with Crippen LogP contribution in [0.25, 0.3) is 0 Å². The highest BCUT2D eigenvalue weighted by molar-refractivity contribution is 4.88. The highest BCUT2D eigenvalue weighted by Crippen LogP contribution is 2.24. The SMILES string of the molecule is CCC(CC)N1CCCC1CNC1CC1. The summed E-state index contributed by atoms with van der Waals surface area (Å²) in [7, 11) is 0. The van der Waals surface area contributed by atoms with Crippen molar-refractivity contribution < 1.29 is 0 Å². The number of nitrogens with zero attached hydrogens (tertiary/aromatic N) is 1. The van der Waals surface area contributed by atoms with Crippen LogP contribution in [0.4, 0.5) is 0 Å². The molecule has 2 rings (SSSR count). The minimum Gasteiger partial charge on any atom is -0.312 e. The van der Waals surface area contributed by atoms with Crippen LogP contribution >= 0.6 is 0 Å². The average molecular weight is 210 g/mol. The van der Waals surface area contributed by atoms with Gasteiger partial charge in [0, 0.05) is 24.7 Å². The molecule has 0 aromatic rings. The van der Waals surface area contributed by atoms with Crippen molar-refractivity contribution in [3.63, 3.8) is 0 Å². The van der Waals surface area contributed by atoms with Crippen LogP contribution in [0.5, 0.6) is 0 Å². The molecule has 0 amide bonds. The van der Waals surface area contributed by atoms with E-state index in [4.69, 9.17) is 0 Å². The Morgan fingerprint density at radius 1 is 1.20 bits per heavy atom. The largest absolute Gasteiger partial charge is 0.312 e. The van der Waals surface area contributed by atoms with E-state index in [1.54, 1.807) is 0 Å². The third kappa shape index (κ3) is 2.94. The van der Waals surface area contributed by atoms with Gasteiger partial charge < -0.3 is 5.32 Å². The second kappa shape index (κ2) is 5.31. The van der Waals surface area contributed by atoms with Crippen molar-refractivity contribution in [3.8, 4) is 0 Å². The molecule has 88 valence electrons. The summed E-state index contributed by atoms with van der Waals surface area (Å²) in [5, 5.41) is 3.69. The Balaban J connectivity index is 1.79. The second-order valence-electron chi connectivity index (χ2n) is 5.19. The van der Waals surface area contributed by atoms with Crippen molar-refractivity contribution in [2.24, 2.45) is 0 Å². The van der Waals surface area contributed by atoms with Gasteiger partial charge in [0.15, 0.2) is 0 Å². The van der Waals surface area contributed by atoms with Gasteiger partial charge in [-0.3, -0.25) is 4.90 Å². The first kappa shape index (κ1) is 11.4. The zero-order chi connectivity index (χ0) is 10.7. The molecule has 1 atom stereocenters. The van der Waals surface area contributed by atoms with E-state index in [0.717, 1.165) is 18.1 Å². The number of hydrogen-bond donors (Lipinski definition) is 1. The van der Waals surface area contributed by atoms with Crippen LogP contribution in [0.1, 0.15) is 52.4 Å². The van der Waals surface area contributed by atoms with E-state index < -0.39 is 0 Å². The summed E-state index contributed by atoms with van der Waals surface area (Å²) < 4.78 is 0. The van der Waals surface area contributed by atoms with Crippen LogP contribution in [-0.4, -0.2) is 36.1 Å². The monoisotopic (exact) mass is 210 g/mol. The lowest BCUT2D eigenvalue weighted by Crippen LogP contribution is -2.44. The van der Waals surface area contributed by atoms with Gasteiger partial charge in [-0.25, -0.2) is 0 Å².